The largest absolute Gasteiger partial charge is 0.463 e. The number of nitrogens with zero attached hydrogens (tertiary/aromatic N) is 3. The average molecular weight is 610 g/mol. The SMILES string of the molecule is CC(C)OC(=O)C[C@H]1CN(Cc2ccc(-c3ccc(C(O)(C(F)(F)F)C(F)(F)F)cc3)cc2)CCN1Cc1ccncc1. The fourth-order valence-electron chi connectivity index (χ4n) is 5.18. The van der Waals surface area contributed by atoms with Crippen LogP contribution in [0.25, 0.3) is 11.1 Å². The van der Waals surface area contributed by atoms with Gasteiger partial charge in [0, 0.05) is 56.7 Å². The number of pyridine rings is 1. The zero-order chi connectivity index (χ0) is 31.4. The number of rotatable bonds is 9. The Balaban J connectivity index is 1.44. The van der Waals surface area contributed by atoms with Crippen molar-refractivity contribution >= 4 is 5.97 Å². The van der Waals surface area contributed by atoms with E-state index in [1.165, 1.54) is 0 Å². The molecule has 1 aliphatic heterocycles. The van der Waals surface area contributed by atoms with Crippen molar-refractivity contribution in [3.8, 4) is 11.1 Å². The van der Waals surface area contributed by atoms with Gasteiger partial charge >= 0.3 is 18.3 Å². The first kappa shape index (κ1) is 32.4. The molecule has 0 bridgehead atoms. The minimum Gasteiger partial charge on any atom is -0.463 e. The van der Waals surface area contributed by atoms with Crippen LogP contribution in [0.2, 0.25) is 0 Å². The topological polar surface area (TPSA) is 65.9 Å². The number of halogens is 6. The van der Waals surface area contributed by atoms with Crippen LogP contribution in [0.4, 0.5) is 26.3 Å². The fraction of sp³-hybridized carbons (Fsp3) is 0.419. The maximum Gasteiger partial charge on any atom is 0.430 e. The van der Waals surface area contributed by atoms with Gasteiger partial charge in [0.1, 0.15) is 0 Å². The van der Waals surface area contributed by atoms with E-state index in [0.717, 1.165) is 36.3 Å². The van der Waals surface area contributed by atoms with Gasteiger partial charge in [-0.1, -0.05) is 48.5 Å². The zero-order valence-electron chi connectivity index (χ0n) is 23.7. The Hall–Kier alpha value is -3.48. The minimum absolute atomic E-state index is 0.0713. The van der Waals surface area contributed by atoms with E-state index in [1.54, 1.807) is 24.5 Å². The summed E-state index contributed by atoms with van der Waals surface area (Å²) >= 11 is 0. The summed E-state index contributed by atoms with van der Waals surface area (Å²) < 4.78 is 84.6. The lowest BCUT2D eigenvalue weighted by molar-refractivity contribution is -0.376. The first-order valence-corrected chi connectivity index (χ1v) is 13.8. The van der Waals surface area contributed by atoms with Gasteiger partial charge in [-0.2, -0.15) is 26.3 Å². The normalized spacial score (nSPS) is 17.3. The molecule has 12 heteroatoms. The monoisotopic (exact) mass is 609 g/mol. The van der Waals surface area contributed by atoms with Gasteiger partial charge in [-0.15, -0.1) is 0 Å². The van der Waals surface area contributed by atoms with Crippen LogP contribution in [0.1, 0.15) is 37.0 Å². The molecule has 1 fully saturated rings. The van der Waals surface area contributed by atoms with Crippen LogP contribution in [-0.4, -0.2) is 70.0 Å². The molecule has 1 aliphatic rings. The molecule has 4 rings (SSSR count). The molecule has 2 heterocycles. The van der Waals surface area contributed by atoms with E-state index in [2.05, 4.69) is 14.8 Å². The minimum atomic E-state index is -5.94. The number of aliphatic hydroxyl groups is 1. The highest BCUT2D eigenvalue weighted by molar-refractivity contribution is 5.70. The van der Waals surface area contributed by atoms with Crippen LogP contribution < -0.4 is 0 Å². The molecule has 1 N–H and O–H groups in total. The molecule has 0 spiro atoms. The third-order valence-corrected chi connectivity index (χ3v) is 7.41. The number of piperazine rings is 1. The number of alkyl halides is 6. The molecule has 6 nitrogen and oxygen atoms in total. The summed E-state index contributed by atoms with van der Waals surface area (Å²) in [6.45, 7) is 6.99. The predicted molar refractivity (Wildman–Crippen MR) is 147 cm³/mol. The van der Waals surface area contributed by atoms with Gasteiger partial charge in [0.05, 0.1) is 12.5 Å². The molecule has 2 aromatic carbocycles. The highest BCUT2D eigenvalue weighted by atomic mass is 19.4. The van der Waals surface area contributed by atoms with Crippen LogP contribution in [-0.2, 0) is 28.2 Å². The van der Waals surface area contributed by atoms with Crippen molar-refractivity contribution in [1.82, 2.24) is 14.8 Å². The molecule has 0 amide bonds. The lowest BCUT2D eigenvalue weighted by atomic mass is 9.90. The molecule has 1 aromatic heterocycles. The molecule has 1 atom stereocenters. The van der Waals surface area contributed by atoms with E-state index >= 15 is 0 Å². The number of hydrogen-bond acceptors (Lipinski definition) is 6. The lowest BCUT2D eigenvalue weighted by Crippen LogP contribution is -2.53. The highest BCUT2D eigenvalue weighted by Crippen LogP contribution is 2.50. The molecule has 0 aliphatic carbocycles. The summed E-state index contributed by atoms with van der Waals surface area (Å²) in [7, 11) is 0. The Morgan fingerprint density at radius 1 is 0.860 bits per heavy atom. The Kier molecular flexibility index (Phi) is 9.83. The van der Waals surface area contributed by atoms with Gasteiger partial charge in [0.15, 0.2) is 0 Å². The van der Waals surface area contributed by atoms with Gasteiger partial charge in [0.25, 0.3) is 5.60 Å². The van der Waals surface area contributed by atoms with E-state index < -0.39 is 23.5 Å². The zero-order valence-corrected chi connectivity index (χ0v) is 23.7. The first-order chi connectivity index (χ1) is 20.2. The van der Waals surface area contributed by atoms with Crippen molar-refractivity contribution in [1.29, 1.82) is 0 Å². The molecular formula is C31H33F6N3O3. The highest BCUT2D eigenvalue weighted by Gasteiger charge is 2.71. The van der Waals surface area contributed by atoms with E-state index in [1.807, 2.05) is 38.1 Å². The van der Waals surface area contributed by atoms with Gasteiger partial charge < -0.3 is 9.84 Å². The summed E-state index contributed by atoms with van der Waals surface area (Å²) in [5.41, 5.74) is -3.23. The quantitative estimate of drug-likeness (QED) is 0.234. The van der Waals surface area contributed by atoms with Gasteiger partial charge in [0.2, 0.25) is 0 Å². The van der Waals surface area contributed by atoms with Gasteiger partial charge in [-0.3, -0.25) is 19.6 Å². The second-order valence-corrected chi connectivity index (χ2v) is 10.9. The predicted octanol–water partition coefficient (Wildman–Crippen LogP) is 6.09. The number of carbonyl (C=O) groups excluding carboxylic acids is 1. The van der Waals surface area contributed by atoms with E-state index in [9.17, 15) is 36.2 Å². The number of aromatic nitrogens is 1. The molecular weight excluding hydrogens is 576 g/mol. The Morgan fingerprint density at radius 3 is 1.93 bits per heavy atom. The lowest BCUT2D eigenvalue weighted by Gasteiger charge is -2.41. The van der Waals surface area contributed by atoms with Crippen LogP contribution in [0, 0.1) is 0 Å². The van der Waals surface area contributed by atoms with Crippen molar-refractivity contribution in [2.75, 3.05) is 19.6 Å². The maximum atomic E-state index is 13.2. The Bertz CT molecular complexity index is 1330. The number of hydrogen-bond donors (Lipinski definition) is 1. The molecule has 0 saturated carbocycles. The van der Waals surface area contributed by atoms with Crippen molar-refractivity contribution in [2.24, 2.45) is 0 Å². The summed E-state index contributed by atoms with van der Waals surface area (Å²) in [5.74, 6) is -0.263. The number of benzene rings is 2. The van der Waals surface area contributed by atoms with Crippen molar-refractivity contribution < 1.29 is 41.0 Å². The molecule has 1 saturated heterocycles. The first-order valence-electron chi connectivity index (χ1n) is 13.8. The van der Waals surface area contributed by atoms with Crippen LogP contribution in [0.15, 0.2) is 73.1 Å². The van der Waals surface area contributed by atoms with Crippen LogP contribution >= 0.6 is 0 Å². The van der Waals surface area contributed by atoms with E-state index in [0.29, 0.717) is 42.9 Å². The molecule has 0 radical (unpaired) electrons. The van der Waals surface area contributed by atoms with Crippen molar-refractivity contribution in [2.45, 2.75) is 63.5 Å². The molecule has 0 unspecified atom stereocenters. The number of carbonyl (C=O) groups is 1. The summed E-state index contributed by atoms with van der Waals surface area (Å²) in [5, 5.41) is 9.62. The third-order valence-electron chi connectivity index (χ3n) is 7.41. The molecule has 232 valence electrons. The van der Waals surface area contributed by atoms with Crippen LogP contribution in [0.3, 0.4) is 0 Å². The number of ether oxygens (including phenoxy) is 1. The summed E-state index contributed by atoms with van der Waals surface area (Å²) in [6, 6.07) is 14.5. The summed E-state index contributed by atoms with van der Waals surface area (Å²) in [6.07, 6.45) is -8.38. The maximum absolute atomic E-state index is 13.2. The molecule has 3 aromatic rings. The Morgan fingerprint density at radius 2 is 1.40 bits per heavy atom. The standard InChI is InChI=1S/C31H33F6N3O3/c1-21(2)43-28(41)17-27-20-39(15-16-40(27)19-23-11-13-38-14-12-23)18-22-3-5-24(6-4-22)25-7-9-26(10-8-25)29(42,30(32,33)34)31(35,36)37/h3-14,21,27,42H,15-20H2,1-2H3/t27-/m0/s1. The average Bonchev–Trinajstić information content (AvgIpc) is 2.93. The second-order valence-electron chi connectivity index (χ2n) is 10.9. The third kappa shape index (κ3) is 7.73. The van der Waals surface area contributed by atoms with Crippen LogP contribution in [0.5, 0.6) is 0 Å². The second kappa shape index (κ2) is 13.0. The van der Waals surface area contributed by atoms with Gasteiger partial charge in [-0.25, -0.2) is 0 Å². The van der Waals surface area contributed by atoms with E-state index in [-0.39, 0.29) is 24.5 Å². The van der Waals surface area contributed by atoms with E-state index in [4.69, 9.17) is 4.74 Å². The Labute approximate surface area is 245 Å². The van der Waals surface area contributed by atoms with Gasteiger partial charge in [-0.05, 0) is 48.2 Å². The summed E-state index contributed by atoms with van der Waals surface area (Å²) in [4.78, 5) is 21.1. The van der Waals surface area contributed by atoms with Crippen molar-refractivity contribution in [3.05, 3.63) is 89.7 Å². The number of esters is 1. The smallest absolute Gasteiger partial charge is 0.430 e. The fourth-order valence-corrected chi connectivity index (χ4v) is 5.18. The molecule has 43 heavy (non-hydrogen) atoms. The van der Waals surface area contributed by atoms with Crippen molar-refractivity contribution in [3.63, 3.8) is 0 Å².